The van der Waals surface area contributed by atoms with Crippen molar-refractivity contribution in [1.82, 2.24) is 10.2 Å². The maximum absolute atomic E-state index is 12.3. The molecule has 0 bridgehead atoms. The van der Waals surface area contributed by atoms with Gasteiger partial charge in [0, 0.05) is 30.4 Å². The fourth-order valence-corrected chi connectivity index (χ4v) is 4.59. The highest BCUT2D eigenvalue weighted by Gasteiger charge is 2.29. The number of nitrogens with one attached hydrogen (secondary N) is 2. The van der Waals surface area contributed by atoms with Crippen molar-refractivity contribution >= 4 is 29.3 Å². The summed E-state index contributed by atoms with van der Waals surface area (Å²) in [6.45, 7) is 7.31. The molecule has 3 rings (SSSR count). The summed E-state index contributed by atoms with van der Waals surface area (Å²) in [7, 11) is 0. The number of anilines is 1. The predicted octanol–water partition coefficient (Wildman–Crippen LogP) is 2.73. The van der Waals surface area contributed by atoms with Crippen LogP contribution in [0.4, 0.5) is 5.69 Å². The molecule has 2 amide bonds. The minimum absolute atomic E-state index is 0.0519. The van der Waals surface area contributed by atoms with Crippen LogP contribution in [0.15, 0.2) is 29.2 Å². The highest BCUT2D eigenvalue weighted by molar-refractivity contribution is 8.01. The Morgan fingerprint density at radius 2 is 2.24 bits per heavy atom. The van der Waals surface area contributed by atoms with Crippen molar-refractivity contribution in [3.63, 3.8) is 0 Å². The summed E-state index contributed by atoms with van der Waals surface area (Å²) < 4.78 is 0. The average molecular weight is 362 g/mol. The minimum Gasteiger partial charge on any atom is -0.354 e. The van der Waals surface area contributed by atoms with Gasteiger partial charge in [-0.05, 0) is 44.4 Å². The van der Waals surface area contributed by atoms with Crippen LogP contribution in [0.3, 0.4) is 0 Å². The van der Waals surface area contributed by atoms with Gasteiger partial charge in [0.2, 0.25) is 11.8 Å². The van der Waals surface area contributed by atoms with Gasteiger partial charge in [-0.15, -0.1) is 11.8 Å². The lowest BCUT2D eigenvalue weighted by atomic mass is 9.99. The molecule has 1 fully saturated rings. The van der Waals surface area contributed by atoms with Crippen LogP contribution in [0.2, 0.25) is 0 Å². The summed E-state index contributed by atoms with van der Waals surface area (Å²) >= 11 is 1.47. The van der Waals surface area contributed by atoms with E-state index in [9.17, 15) is 9.59 Å². The molecule has 0 radical (unpaired) electrons. The number of piperidine rings is 1. The van der Waals surface area contributed by atoms with E-state index in [4.69, 9.17) is 0 Å². The Kier molecular flexibility index (Phi) is 6.02. The van der Waals surface area contributed by atoms with Crippen LogP contribution in [0.5, 0.6) is 0 Å². The molecule has 2 aliphatic rings. The third-order valence-electron chi connectivity index (χ3n) is 4.98. The van der Waals surface area contributed by atoms with Gasteiger partial charge in [-0.1, -0.05) is 19.1 Å². The minimum atomic E-state index is -0.361. The molecule has 0 spiro atoms. The lowest BCUT2D eigenvalue weighted by molar-refractivity contribution is -0.124. The lowest BCUT2D eigenvalue weighted by Crippen LogP contribution is -2.46. The van der Waals surface area contributed by atoms with E-state index in [1.54, 1.807) is 0 Å². The first kappa shape index (κ1) is 18.3. The van der Waals surface area contributed by atoms with Crippen LogP contribution in [0.25, 0.3) is 0 Å². The molecule has 0 saturated carbocycles. The molecule has 3 unspecified atom stereocenters. The van der Waals surface area contributed by atoms with Gasteiger partial charge >= 0.3 is 0 Å². The largest absolute Gasteiger partial charge is 0.354 e. The van der Waals surface area contributed by atoms with Crippen LogP contribution in [-0.4, -0.2) is 47.6 Å². The van der Waals surface area contributed by atoms with E-state index < -0.39 is 0 Å². The van der Waals surface area contributed by atoms with Crippen molar-refractivity contribution in [3.05, 3.63) is 24.3 Å². The maximum Gasteiger partial charge on any atom is 0.238 e. The molecule has 136 valence electrons. The number of thioether (sulfide) groups is 1. The van der Waals surface area contributed by atoms with Gasteiger partial charge in [-0.2, -0.15) is 0 Å². The molecule has 2 aliphatic heterocycles. The first-order chi connectivity index (χ1) is 12.0. The number of carbonyl (C=O) groups is 2. The number of hydrogen-bond donors (Lipinski definition) is 2. The van der Waals surface area contributed by atoms with E-state index in [1.165, 1.54) is 24.6 Å². The van der Waals surface area contributed by atoms with Crippen molar-refractivity contribution in [1.29, 1.82) is 0 Å². The second-order valence-corrected chi connectivity index (χ2v) is 8.44. The van der Waals surface area contributed by atoms with Crippen LogP contribution in [0, 0.1) is 5.92 Å². The molecular formula is C19H27N3O2S. The van der Waals surface area contributed by atoms with Crippen LogP contribution in [0.1, 0.15) is 33.1 Å². The standard InChI is InChI=1S/C19H27N3O2S/c1-13-6-5-9-22(12-13)14(2)11-20-18(23)10-17-19(24)21-15-7-3-4-8-16(15)25-17/h3-4,7-8,13-14,17H,5-6,9-12H2,1-2H3,(H,20,23)(H,21,24). The molecule has 1 aromatic carbocycles. The number of para-hydroxylation sites is 1. The zero-order valence-electron chi connectivity index (χ0n) is 15.0. The van der Waals surface area contributed by atoms with E-state index in [-0.39, 0.29) is 23.5 Å². The number of carbonyl (C=O) groups excluding carboxylic acids is 2. The summed E-state index contributed by atoms with van der Waals surface area (Å²) in [4.78, 5) is 28.0. The summed E-state index contributed by atoms with van der Waals surface area (Å²) in [6.07, 6.45) is 2.75. The fourth-order valence-electron chi connectivity index (χ4n) is 3.48. The number of rotatable bonds is 5. The van der Waals surface area contributed by atoms with Gasteiger partial charge in [0.25, 0.3) is 0 Å². The molecule has 0 aliphatic carbocycles. The van der Waals surface area contributed by atoms with Gasteiger partial charge in [0.1, 0.15) is 0 Å². The monoisotopic (exact) mass is 361 g/mol. The number of nitrogens with zero attached hydrogens (tertiary/aromatic N) is 1. The van der Waals surface area contributed by atoms with E-state index in [2.05, 4.69) is 29.4 Å². The van der Waals surface area contributed by atoms with Crippen LogP contribution in [-0.2, 0) is 9.59 Å². The Labute approximate surface area is 153 Å². The highest BCUT2D eigenvalue weighted by Crippen LogP contribution is 2.36. The number of fused-ring (bicyclic) bond motifs is 1. The second-order valence-electron chi connectivity index (χ2n) is 7.19. The van der Waals surface area contributed by atoms with Crippen molar-refractivity contribution in [2.24, 2.45) is 5.92 Å². The maximum atomic E-state index is 12.3. The molecule has 0 aromatic heterocycles. The average Bonchev–Trinajstić information content (AvgIpc) is 2.60. The van der Waals surface area contributed by atoms with Gasteiger partial charge < -0.3 is 10.6 Å². The van der Waals surface area contributed by atoms with Gasteiger partial charge in [0.15, 0.2) is 0 Å². The zero-order chi connectivity index (χ0) is 17.8. The zero-order valence-corrected chi connectivity index (χ0v) is 15.8. The first-order valence-electron chi connectivity index (χ1n) is 9.10. The van der Waals surface area contributed by atoms with Crippen LogP contribution < -0.4 is 10.6 Å². The van der Waals surface area contributed by atoms with Crippen molar-refractivity contribution in [2.75, 3.05) is 25.0 Å². The van der Waals surface area contributed by atoms with Gasteiger partial charge in [-0.3, -0.25) is 14.5 Å². The fraction of sp³-hybridized carbons (Fsp3) is 0.579. The van der Waals surface area contributed by atoms with E-state index in [1.807, 2.05) is 24.3 Å². The summed E-state index contributed by atoms with van der Waals surface area (Å²) in [6, 6.07) is 8.04. The van der Waals surface area contributed by atoms with E-state index in [0.717, 1.165) is 29.6 Å². The Hall–Kier alpha value is -1.53. The van der Waals surface area contributed by atoms with E-state index >= 15 is 0 Å². The SMILES string of the molecule is CC1CCCN(C(C)CNC(=O)CC2Sc3ccccc3NC2=O)C1. The molecule has 1 aromatic rings. The van der Waals surface area contributed by atoms with E-state index in [0.29, 0.717) is 12.6 Å². The Balaban J connectivity index is 1.47. The van der Waals surface area contributed by atoms with Gasteiger partial charge in [-0.25, -0.2) is 0 Å². The Morgan fingerprint density at radius 3 is 3.04 bits per heavy atom. The summed E-state index contributed by atoms with van der Waals surface area (Å²) in [5, 5.41) is 5.54. The molecule has 6 heteroatoms. The topological polar surface area (TPSA) is 61.4 Å². The molecule has 1 saturated heterocycles. The quantitative estimate of drug-likeness (QED) is 0.847. The molecule has 3 atom stereocenters. The summed E-state index contributed by atoms with van der Waals surface area (Å²) in [5.74, 6) is 0.593. The Bertz CT molecular complexity index is 637. The molecule has 2 N–H and O–H groups in total. The molecule has 5 nitrogen and oxygen atoms in total. The third-order valence-corrected chi connectivity index (χ3v) is 6.26. The van der Waals surface area contributed by atoms with Crippen molar-refractivity contribution in [3.8, 4) is 0 Å². The molecule has 25 heavy (non-hydrogen) atoms. The number of hydrogen-bond acceptors (Lipinski definition) is 4. The third kappa shape index (κ3) is 4.76. The highest BCUT2D eigenvalue weighted by atomic mass is 32.2. The number of benzene rings is 1. The second kappa shape index (κ2) is 8.23. The van der Waals surface area contributed by atoms with Crippen LogP contribution >= 0.6 is 11.8 Å². The van der Waals surface area contributed by atoms with Crippen molar-refractivity contribution in [2.45, 2.75) is 49.3 Å². The number of amides is 2. The lowest BCUT2D eigenvalue weighted by Gasteiger charge is -2.35. The Morgan fingerprint density at radius 1 is 1.44 bits per heavy atom. The number of likely N-dealkylation sites (tertiary alicyclic amines) is 1. The molecule has 2 heterocycles. The summed E-state index contributed by atoms with van der Waals surface area (Å²) in [5.41, 5.74) is 0.835. The van der Waals surface area contributed by atoms with Gasteiger partial charge in [0.05, 0.1) is 10.9 Å². The van der Waals surface area contributed by atoms with Crippen molar-refractivity contribution < 1.29 is 9.59 Å². The predicted molar refractivity (Wildman–Crippen MR) is 102 cm³/mol. The first-order valence-corrected chi connectivity index (χ1v) is 9.98. The molecular weight excluding hydrogens is 334 g/mol. The normalized spacial score (nSPS) is 25.0. The smallest absolute Gasteiger partial charge is 0.238 e.